The smallest absolute Gasteiger partial charge is 0.257 e. The van der Waals surface area contributed by atoms with Gasteiger partial charge in [-0.1, -0.05) is 12.1 Å². The first-order valence-corrected chi connectivity index (χ1v) is 9.62. The fourth-order valence-electron chi connectivity index (χ4n) is 3.38. The molecule has 0 aliphatic carbocycles. The van der Waals surface area contributed by atoms with Crippen molar-refractivity contribution in [2.45, 2.75) is 6.42 Å². The Kier molecular flexibility index (Phi) is 5.49. The third kappa shape index (κ3) is 3.53. The molecule has 8 heteroatoms. The summed E-state index contributed by atoms with van der Waals surface area (Å²) in [7, 11) is 3.24. The second-order valence-corrected chi connectivity index (χ2v) is 6.78. The number of carbonyl (C=O) groups excluding carboxylic acids is 1. The monoisotopic (exact) mass is 405 g/mol. The van der Waals surface area contributed by atoms with Gasteiger partial charge >= 0.3 is 0 Å². The van der Waals surface area contributed by atoms with Crippen molar-refractivity contribution in [3.8, 4) is 11.4 Å². The highest BCUT2D eigenvalue weighted by atomic mass is 16.5. The molecule has 0 aliphatic rings. The Balaban J connectivity index is 1.88. The number of benzene rings is 2. The van der Waals surface area contributed by atoms with E-state index in [1.807, 2.05) is 48.5 Å². The fraction of sp³-hybridized carbons (Fsp3) is 0.227. The van der Waals surface area contributed by atoms with E-state index < -0.39 is 0 Å². The van der Waals surface area contributed by atoms with Gasteiger partial charge in [0.25, 0.3) is 5.91 Å². The Bertz CT molecular complexity index is 1200. The Labute approximate surface area is 173 Å². The Hall–Kier alpha value is -3.65. The SMILES string of the molecule is COCCCNC(=O)c1c(N)n(-c2ccc(OC)cc2)c2nc3ccccc3nc12. The lowest BCUT2D eigenvalue weighted by atomic mass is 10.2. The molecule has 0 saturated carbocycles. The number of anilines is 1. The average molecular weight is 405 g/mol. The molecule has 154 valence electrons. The molecule has 0 radical (unpaired) electrons. The number of ether oxygens (including phenoxy) is 2. The second-order valence-electron chi connectivity index (χ2n) is 6.78. The maximum atomic E-state index is 13.0. The average Bonchev–Trinajstić information content (AvgIpc) is 3.05. The van der Waals surface area contributed by atoms with E-state index in [9.17, 15) is 4.79 Å². The van der Waals surface area contributed by atoms with E-state index in [2.05, 4.69) is 5.32 Å². The van der Waals surface area contributed by atoms with Crippen LogP contribution < -0.4 is 15.8 Å². The van der Waals surface area contributed by atoms with E-state index in [-0.39, 0.29) is 11.7 Å². The van der Waals surface area contributed by atoms with Crippen LogP contribution in [0.25, 0.3) is 27.9 Å². The largest absolute Gasteiger partial charge is 0.497 e. The summed E-state index contributed by atoms with van der Waals surface area (Å²) in [5, 5.41) is 2.90. The molecular formula is C22H23N5O3. The van der Waals surface area contributed by atoms with Gasteiger partial charge in [0.05, 0.1) is 18.1 Å². The molecule has 8 nitrogen and oxygen atoms in total. The first-order valence-electron chi connectivity index (χ1n) is 9.62. The van der Waals surface area contributed by atoms with Gasteiger partial charge in [0.2, 0.25) is 0 Å². The normalized spacial score (nSPS) is 11.1. The number of amides is 1. The molecule has 0 atom stereocenters. The van der Waals surface area contributed by atoms with Crippen molar-refractivity contribution in [2.24, 2.45) is 0 Å². The van der Waals surface area contributed by atoms with Crippen molar-refractivity contribution in [2.75, 3.05) is 33.1 Å². The van der Waals surface area contributed by atoms with Gasteiger partial charge in [-0.2, -0.15) is 0 Å². The lowest BCUT2D eigenvalue weighted by Crippen LogP contribution is -2.26. The molecule has 2 aromatic carbocycles. The van der Waals surface area contributed by atoms with E-state index >= 15 is 0 Å². The van der Waals surface area contributed by atoms with Crippen molar-refractivity contribution in [3.05, 3.63) is 54.1 Å². The van der Waals surface area contributed by atoms with Crippen LogP contribution in [-0.4, -0.2) is 47.8 Å². The molecule has 4 rings (SSSR count). The van der Waals surface area contributed by atoms with Crippen molar-refractivity contribution >= 4 is 33.9 Å². The van der Waals surface area contributed by atoms with Crippen LogP contribution in [0.5, 0.6) is 5.75 Å². The lowest BCUT2D eigenvalue weighted by molar-refractivity contribution is 0.0951. The number of aromatic nitrogens is 3. The minimum atomic E-state index is -0.287. The summed E-state index contributed by atoms with van der Waals surface area (Å²) in [6, 6.07) is 14.9. The molecule has 0 fully saturated rings. The van der Waals surface area contributed by atoms with Crippen LogP contribution in [0, 0.1) is 0 Å². The summed E-state index contributed by atoms with van der Waals surface area (Å²) in [4.78, 5) is 22.5. The zero-order chi connectivity index (χ0) is 21.1. The molecule has 1 amide bonds. The van der Waals surface area contributed by atoms with E-state index in [4.69, 9.17) is 25.2 Å². The predicted molar refractivity (Wildman–Crippen MR) is 116 cm³/mol. The zero-order valence-electron chi connectivity index (χ0n) is 16.9. The number of hydrogen-bond donors (Lipinski definition) is 2. The van der Waals surface area contributed by atoms with Gasteiger partial charge in [-0.3, -0.25) is 9.36 Å². The zero-order valence-corrected chi connectivity index (χ0v) is 16.9. The molecule has 0 saturated heterocycles. The summed E-state index contributed by atoms with van der Waals surface area (Å²) < 4.78 is 12.0. The summed E-state index contributed by atoms with van der Waals surface area (Å²) in [5.74, 6) is 0.724. The highest BCUT2D eigenvalue weighted by Crippen LogP contribution is 2.31. The van der Waals surface area contributed by atoms with E-state index in [0.717, 1.165) is 17.0 Å². The van der Waals surface area contributed by atoms with Crippen LogP contribution in [0.2, 0.25) is 0 Å². The fourth-order valence-corrected chi connectivity index (χ4v) is 3.38. The summed E-state index contributed by atoms with van der Waals surface area (Å²) >= 11 is 0. The molecule has 30 heavy (non-hydrogen) atoms. The van der Waals surface area contributed by atoms with Crippen LogP contribution in [-0.2, 0) is 4.74 Å². The van der Waals surface area contributed by atoms with Gasteiger partial charge in [0.1, 0.15) is 22.6 Å². The van der Waals surface area contributed by atoms with Crippen molar-refractivity contribution in [1.82, 2.24) is 19.9 Å². The first-order chi connectivity index (χ1) is 14.6. The molecule has 0 unspecified atom stereocenters. The van der Waals surface area contributed by atoms with Gasteiger partial charge in [0.15, 0.2) is 5.65 Å². The molecule has 0 spiro atoms. The van der Waals surface area contributed by atoms with E-state index in [1.165, 1.54) is 0 Å². The number of fused-ring (bicyclic) bond motifs is 2. The number of rotatable bonds is 7. The lowest BCUT2D eigenvalue weighted by Gasteiger charge is -2.09. The van der Waals surface area contributed by atoms with Crippen molar-refractivity contribution < 1.29 is 14.3 Å². The number of nitrogen functional groups attached to an aromatic ring is 1. The third-order valence-corrected chi connectivity index (χ3v) is 4.87. The number of nitrogens with zero attached hydrogens (tertiary/aromatic N) is 3. The molecule has 2 aromatic heterocycles. The summed E-state index contributed by atoms with van der Waals surface area (Å²) in [5.41, 5.74) is 9.98. The van der Waals surface area contributed by atoms with Gasteiger partial charge < -0.3 is 20.5 Å². The molecule has 4 aromatic rings. The number of carbonyl (C=O) groups is 1. The molecule has 2 heterocycles. The molecule has 0 aliphatic heterocycles. The highest BCUT2D eigenvalue weighted by Gasteiger charge is 2.24. The quantitative estimate of drug-likeness (QED) is 0.458. The highest BCUT2D eigenvalue weighted by molar-refractivity contribution is 6.11. The summed E-state index contributed by atoms with van der Waals surface area (Å²) in [6.07, 6.45) is 0.702. The minimum Gasteiger partial charge on any atom is -0.497 e. The second kappa shape index (κ2) is 8.38. The number of nitrogens with one attached hydrogen (secondary N) is 1. The third-order valence-electron chi connectivity index (χ3n) is 4.87. The topological polar surface area (TPSA) is 104 Å². The number of nitrogens with two attached hydrogens (primary N) is 1. The number of hydrogen-bond acceptors (Lipinski definition) is 6. The van der Waals surface area contributed by atoms with Gasteiger partial charge in [-0.25, -0.2) is 9.97 Å². The van der Waals surface area contributed by atoms with Crippen molar-refractivity contribution in [3.63, 3.8) is 0 Å². The summed E-state index contributed by atoms with van der Waals surface area (Å²) in [6.45, 7) is 1.04. The molecule has 3 N–H and O–H groups in total. The van der Waals surface area contributed by atoms with Crippen LogP contribution >= 0.6 is 0 Å². The Morgan fingerprint density at radius 1 is 1.07 bits per heavy atom. The van der Waals surface area contributed by atoms with Gasteiger partial charge in [-0.05, 0) is 42.8 Å². The van der Waals surface area contributed by atoms with Crippen LogP contribution in [0.3, 0.4) is 0 Å². The maximum absolute atomic E-state index is 13.0. The standard InChI is InChI=1S/C22H23N5O3/c1-29-13-5-12-24-22(28)18-19-21(26-17-7-4-3-6-16(17)25-19)27(20(18)23)14-8-10-15(30-2)11-9-14/h3-4,6-11H,5,12-13,23H2,1-2H3,(H,24,28). The predicted octanol–water partition coefficient (Wildman–Crippen LogP) is 2.93. The van der Waals surface area contributed by atoms with Crippen LogP contribution in [0.1, 0.15) is 16.8 Å². The van der Waals surface area contributed by atoms with Gasteiger partial charge in [-0.15, -0.1) is 0 Å². The Morgan fingerprint density at radius 3 is 2.43 bits per heavy atom. The van der Waals surface area contributed by atoms with Gasteiger partial charge in [0, 0.05) is 25.9 Å². The first kappa shape index (κ1) is 19.7. The van der Waals surface area contributed by atoms with E-state index in [0.29, 0.717) is 41.8 Å². The van der Waals surface area contributed by atoms with E-state index in [1.54, 1.807) is 18.8 Å². The van der Waals surface area contributed by atoms with Crippen molar-refractivity contribution in [1.29, 1.82) is 0 Å². The van der Waals surface area contributed by atoms with Crippen LogP contribution in [0.15, 0.2) is 48.5 Å². The van der Waals surface area contributed by atoms with Crippen LogP contribution in [0.4, 0.5) is 5.82 Å². The molecule has 0 bridgehead atoms. The Morgan fingerprint density at radius 2 is 1.77 bits per heavy atom. The number of methoxy groups -OCH3 is 2. The number of para-hydroxylation sites is 2. The maximum Gasteiger partial charge on any atom is 0.257 e. The molecular weight excluding hydrogens is 382 g/mol. The minimum absolute atomic E-state index is 0.287.